The Bertz CT molecular complexity index is 1070. The van der Waals surface area contributed by atoms with E-state index in [0.29, 0.717) is 0 Å². The van der Waals surface area contributed by atoms with Gasteiger partial charge >= 0.3 is 0 Å². The zero-order valence-corrected chi connectivity index (χ0v) is 13.6. The maximum atomic E-state index is 4.79. The van der Waals surface area contributed by atoms with Gasteiger partial charge in [-0.2, -0.15) is 5.10 Å². The van der Waals surface area contributed by atoms with Gasteiger partial charge in [-0.15, -0.1) is 0 Å². The largest absolute Gasteiger partial charge is 0.277 e. The first-order chi connectivity index (χ1) is 12.4. The van der Waals surface area contributed by atoms with Crippen molar-refractivity contribution in [3.8, 4) is 11.1 Å². The molecule has 1 N–H and O–H groups in total. The molecule has 0 radical (unpaired) electrons. The van der Waals surface area contributed by atoms with Crippen LogP contribution in [0.15, 0.2) is 96.1 Å². The number of hydrogen-bond acceptors (Lipinski definition) is 2. The molecule has 0 fully saturated rings. The van der Waals surface area contributed by atoms with E-state index in [-0.39, 0.29) is 0 Å². The lowest BCUT2D eigenvalue weighted by atomic mass is 10.1. The number of nitrogens with zero attached hydrogens (tertiary/aromatic N) is 1. The molecule has 1 aliphatic rings. The lowest BCUT2D eigenvalue weighted by Crippen LogP contribution is -2.02. The summed E-state index contributed by atoms with van der Waals surface area (Å²) in [6.07, 6.45) is 0. The van der Waals surface area contributed by atoms with Crippen LogP contribution in [0.25, 0.3) is 21.9 Å². The SMILES string of the molecule is c1ccc2c(c1)C(=NNc1cccc3ccccc13)c1ccccc1-2. The Balaban J connectivity index is 1.63. The van der Waals surface area contributed by atoms with Crippen LogP contribution in [-0.4, -0.2) is 5.71 Å². The van der Waals surface area contributed by atoms with Crippen molar-refractivity contribution in [2.45, 2.75) is 0 Å². The molecule has 0 aromatic heterocycles. The zero-order chi connectivity index (χ0) is 16.6. The molecular formula is C23H16N2. The summed E-state index contributed by atoms with van der Waals surface area (Å²) in [7, 11) is 0. The highest BCUT2D eigenvalue weighted by Gasteiger charge is 2.23. The molecule has 0 unspecified atom stereocenters. The fourth-order valence-electron chi connectivity index (χ4n) is 3.55. The number of hydrogen-bond donors (Lipinski definition) is 1. The Hall–Kier alpha value is -3.39. The molecule has 0 heterocycles. The van der Waals surface area contributed by atoms with Gasteiger partial charge in [0.25, 0.3) is 0 Å². The van der Waals surface area contributed by atoms with Crippen molar-refractivity contribution < 1.29 is 0 Å². The first-order valence-corrected chi connectivity index (χ1v) is 8.42. The Labute approximate surface area is 146 Å². The van der Waals surface area contributed by atoms with Crippen LogP contribution in [0.1, 0.15) is 11.1 Å². The number of nitrogens with one attached hydrogen (secondary N) is 1. The van der Waals surface area contributed by atoms with Gasteiger partial charge in [0, 0.05) is 16.5 Å². The third kappa shape index (κ3) is 2.23. The van der Waals surface area contributed by atoms with Crippen LogP contribution in [0.2, 0.25) is 0 Å². The number of anilines is 1. The van der Waals surface area contributed by atoms with E-state index in [4.69, 9.17) is 5.10 Å². The van der Waals surface area contributed by atoms with E-state index in [0.717, 1.165) is 11.4 Å². The lowest BCUT2D eigenvalue weighted by molar-refractivity contribution is 1.35. The average Bonchev–Trinajstić information content (AvgIpc) is 3.00. The van der Waals surface area contributed by atoms with Crippen molar-refractivity contribution in [3.05, 3.63) is 102 Å². The summed E-state index contributed by atoms with van der Waals surface area (Å²) >= 11 is 0. The quantitative estimate of drug-likeness (QED) is 0.415. The maximum absolute atomic E-state index is 4.79. The summed E-state index contributed by atoms with van der Waals surface area (Å²) in [6, 6.07) is 31.5. The van der Waals surface area contributed by atoms with E-state index < -0.39 is 0 Å². The van der Waals surface area contributed by atoms with Gasteiger partial charge in [0.2, 0.25) is 0 Å². The molecule has 25 heavy (non-hydrogen) atoms. The summed E-state index contributed by atoms with van der Waals surface area (Å²) in [5, 5.41) is 7.18. The van der Waals surface area contributed by atoms with Gasteiger partial charge in [0.15, 0.2) is 0 Å². The van der Waals surface area contributed by atoms with Crippen molar-refractivity contribution in [3.63, 3.8) is 0 Å². The Morgan fingerprint density at radius 1 is 0.520 bits per heavy atom. The third-order valence-corrected chi connectivity index (χ3v) is 4.73. The molecule has 118 valence electrons. The molecule has 4 aromatic carbocycles. The van der Waals surface area contributed by atoms with Crippen molar-refractivity contribution in [1.82, 2.24) is 0 Å². The second kappa shape index (κ2) is 5.60. The number of benzene rings is 4. The van der Waals surface area contributed by atoms with Crippen LogP contribution in [0.3, 0.4) is 0 Å². The van der Waals surface area contributed by atoms with Gasteiger partial charge < -0.3 is 0 Å². The molecule has 0 saturated heterocycles. The molecule has 0 atom stereocenters. The van der Waals surface area contributed by atoms with E-state index >= 15 is 0 Å². The molecule has 4 aromatic rings. The second-order valence-electron chi connectivity index (χ2n) is 6.19. The molecule has 2 nitrogen and oxygen atoms in total. The molecule has 0 amide bonds. The normalized spacial score (nSPS) is 11.9. The van der Waals surface area contributed by atoms with Crippen molar-refractivity contribution in [1.29, 1.82) is 0 Å². The zero-order valence-electron chi connectivity index (χ0n) is 13.6. The topological polar surface area (TPSA) is 24.4 Å². The first kappa shape index (κ1) is 14.0. The highest BCUT2D eigenvalue weighted by atomic mass is 15.3. The van der Waals surface area contributed by atoms with E-state index in [2.05, 4.69) is 96.4 Å². The molecule has 0 spiro atoms. The van der Waals surface area contributed by atoms with Crippen LogP contribution < -0.4 is 5.43 Å². The minimum Gasteiger partial charge on any atom is -0.277 e. The highest BCUT2D eigenvalue weighted by molar-refractivity contribution is 6.24. The number of hydrazone groups is 1. The minimum absolute atomic E-state index is 0.999. The van der Waals surface area contributed by atoms with Crippen LogP contribution in [0.4, 0.5) is 5.69 Å². The molecule has 2 heteroatoms. The van der Waals surface area contributed by atoms with E-state index in [1.807, 2.05) is 0 Å². The highest BCUT2D eigenvalue weighted by Crippen LogP contribution is 2.36. The Morgan fingerprint density at radius 2 is 1.08 bits per heavy atom. The molecule has 0 aliphatic heterocycles. The van der Waals surface area contributed by atoms with E-state index in [1.54, 1.807) is 0 Å². The van der Waals surface area contributed by atoms with Crippen LogP contribution in [0, 0.1) is 0 Å². The number of fused-ring (bicyclic) bond motifs is 4. The summed E-state index contributed by atoms with van der Waals surface area (Å²) in [4.78, 5) is 0. The van der Waals surface area contributed by atoms with Gasteiger partial charge in [-0.3, -0.25) is 5.43 Å². The Kier molecular flexibility index (Phi) is 3.14. The Morgan fingerprint density at radius 3 is 1.80 bits per heavy atom. The van der Waals surface area contributed by atoms with Gasteiger partial charge in [-0.05, 0) is 22.6 Å². The van der Waals surface area contributed by atoms with Crippen molar-refractivity contribution >= 4 is 22.2 Å². The molecule has 0 bridgehead atoms. The fraction of sp³-hybridized carbons (Fsp3) is 0. The van der Waals surface area contributed by atoms with Crippen molar-refractivity contribution in [2.24, 2.45) is 5.10 Å². The predicted molar refractivity (Wildman–Crippen MR) is 105 cm³/mol. The minimum atomic E-state index is 0.999. The molecule has 0 saturated carbocycles. The number of rotatable bonds is 2. The maximum Gasteiger partial charge on any atom is 0.0990 e. The summed E-state index contributed by atoms with van der Waals surface area (Å²) in [5.41, 5.74) is 10.2. The van der Waals surface area contributed by atoms with Gasteiger partial charge in [-0.25, -0.2) is 0 Å². The standard InChI is InChI=1S/C23H16N2/c1-2-10-17-16(8-1)9-7-15-22(17)24-25-23-20-13-5-3-11-18(20)19-12-4-6-14-21(19)23/h1-15,24H. The fourth-order valence-corrected chi connectivity index (χ4v) is 3.55. The summed E-state index contributed by atoms with van der Waals surface area (Å²) in [5.74, 6) is 0. The molecule has 5 rings (SSSR count). The first-order valence-electron chi connectivity index (χ1n) is 8.42. The van der Waals surface area contributed by atoms with Crippen LogP contribution in [0.5, 0.6) is 0 Å². The predicted octanol–water partition coefficient (Wildman–Crippen LogP) is 5.68. The van der Waals surface area contributed by atoms with Gasteiger partial charge in [0.1, 0.15) is 0 Å². The smallest absolute Gasteiger partial charge is 0.0990 e. The van der Waals surface area contributed by atoms with Gasteiger partial charge in [0.05, 0.1) is 11.4 Å². The van der Waals surface area contributed by atoms with Crippen LogP contribution >= 0.6 is 0 Å². The molecule has 1 aliphatic carbocycles. The van der Waals surface area contributed by atoms with Crippen LogP contribution in [-0.2, 0) is 0 Å². The lowest BCUT2D eigenvalue weighted by Gasteiger charge is -2.07. The monoisotopic (exact) mass is 320 g/mol. The second-order valence-corrected chi connectivity index (χ2v) is 6.19. The molecular weight excluding hydrogens is 304 g/mol. The third-order valence-electron chi connectivity index (χ3n) is 4.73. The van der Waals surface area contributed by atoms with E-state index in [9.17, 15) is 0 Å². The summed E-state index contributed by atoms with van der Waals surface area (Å²) < 4.78 is 0. The average molecular weight is 320 g/mol. The van der Waals surface area contributed by atoms with Gasteiger partial charge in [-0.1, -0.05) is 84.9 Å². The van der Waals surface area contributed by atoms with E-state index in [1.165, 1.54) is 33.0 Å². The van der Waals surface area contributed by atoms with Crippen molar-refractivity contribution in [2.75, 3.05) is 5.43 Å². The summed E-state index contributed by atoms with van der Waals surface area (Å²) in [6.45, 7) is 0.